The predicted octanol–water partition coefficient (Wildman–Crippen LogP) is 0.166. The van der Waals surface area contributed by atoms with Crippen LogP contribution in [0.25, 0.3) is 0 Å². The Morgan fingerprint density at radius 3 is 2.82 bits per heavy atom. The number of carbonyl (C=O) groups excluding carboxylic acids is 2. The van der Waals surface area contributed by atoms with Crippen LogP contribution in [0.15, 0.2) is 4.99 Å². The van der Waals surface area contributed by atoms with E-state index in [-0.39, 0.29) is 0 Å². The molecule has 0 radical (unpaired) electrons. The first-order chi connectivity index (χ1) is 5.20. The number of nitrogens with one attached hydrogen (secondary N) is 1. The van der Waals surface area contributed by atoms with Gasteiger partial charge >= 0.3 is 12.1 Å². The summed E-state index contributed by atoms with van der Waals surface area (Å²) in [7, 11) is 1.13. The molecule has 11 heavy (non-hydrogen) atoms. The van der Waals surface area contributed by atoms with Gasteiger partial charge in [0.15, 0.2) is 0 Å². The Hall–Kier alpha value is -1.83. The van der Waals surface area contributed by atoms with E-state index in [0.717, 1.165) is 13.3 Å². The van der Waals surface area contributed by atoms with Crippen LogP contribution in [0.3, 0.4) is 0 Å². The predicted molar refractivity (Wildman–Crippen MR) is 38.3 cm³/mol. The number of amides is 3. The fourth-order valence-electron chi connectivity index (χ4n) is 0.267. The Balaban J connectivity index is 3.81. The third kappa shape index (κ3) is 4.66. The molecule has 0 aromatic heterocycles. The number of aliphatic imine (C=N–C) groups is 1. The molecular weight excluding hydrogens is 148 g/mol. The first kappa shape index (κ1) is 9.17. The number of ether oxygens (including phenoxy) is 1. The van der Waals surface area contributed by atoms with E-state index >= 15 is 0 Å². The molecule has 0 bridgehead atoms. The highest BCUT2D eigenvalue weighted by atomic mass is 16.5. The Labute approximate surface area is 63.4 Å². The van der Waals surface area contributed by atoms with Crippen molar-refractivity contribution < 1.29 is 14.3 Å². The summed E-state index contributed by atoms with van der Waals surface area (Å²) in [6.45, 7) is 0. The SMILES string of the molecule is C#C/C=N/C(=O)NC(=O)OC. The van der Waals surface area contributed by atoms with Crippen molar-refractivity contribution in [2.75, 3.05) is 7.11 Å². The van der Waals surface area contributed by atoms with E-state index in [1.54, 1.807) is 5.32 Å². The summed E-state index contributed by atoms with van der Waals surface area (Å²) in [4.78, 5) is 23.9. The molecule has 0 saturated carbocycles. The molecule has 3 amide bonds. The molecule has 0 atom stereocenters. The standard InChI is InChI=1S/C6H6N2O3/c1-3-4-7-5(9)8-6(10)11-2/h1,4H,2H3,(H,8,9,10)/b7-4+. The van der Waals surface area contributed by atoms with Crippen LogP contribution in [0.1, 0.15) is 0 Å². The first-order valence-electron chi connectivity index (χ1n) is 2.58. The number of methoxy groups -OCH3 is 1. The minimum Gasteiger partial charge on any atom is -0.453 e. The van der Waals surface area contributed by atoms with Crippen molar-refractivity contribution in [1.29, 1.82) is 0 Å². The van der Waals surface area contributed by atoms with Gasteiger partial charge in [-0.25, -0.2) is 14.9 Å². The fraction of sp³-hybridized carbons (Fsp3) is 0.167. The van der Waals surface area contributed by atoms with Gasteiger partial charge in [-0.05, 0) is 0 Å². The average Bonchev–Trinajstić information content (AvgIpc) is 2.00. The molecule has 0 rings (SSSR count). The molecule has 0 unspecified atom stereocenters. The monoisotopic (exact) mass is 154 g/mol. The molecule has 5 heteroatoms. The van der Waals surface area contributed by atoms with E-state index < -0.39 is 12.1 Å². The second-order valence-electron chi connectivity index (χ2n) is 1.35. The normalized spacial score (nSPS) is 8.73. The molecule has 0 fully saturated rings. The second-order valence-corrected chi connectivity index (χ2v) is 1.35. The molecule has 58 valence electrons. The van der Waals surface area contributed by atoms with Crippen molar-refractivity contribution in [1.82, 2.24) is 5.32 Å². The van der Waals surface area contributed by atoms with Gasteiger partial charge in [-0.3, -0.25) is 0 Å². The summed E-state index contributed by atoms with van der Waals surface area (Å²) in [5, 5.41) is 1.77. The van der Waals surface area contributed by atoms with E-state index in [0.29, 0.717) is 0 Å². The summed E-state index contributed by atoms with van der Waals surface area (Å²) in [6.07, 6.45) is 4.80. The van der Waals surface area contributed by atoms with Gasteiger partial charge in [0.2, 0.25) is 0 Å². The second kappa shape index (κ2) is 4.99. The van der Waals surface area contributed by atoms with Crippen molar-refractivity contribution >= 4 is 18.3 Å². The summed E-state index contributed by atoms with van der Waals surface area (Å²) < 4.78 is 4.10. The zero-order valence-corrected chi connectivity index (χ0v) is 5.83. The third-order valence-electron chi connectivity index (χ3n) is 0.651. The van der Waals surface area contributed by atoms with Crippen LogP contribution in [0.4, 0.5) is 9.59 Å². The number of urea groups is 1. The summed E-state index contributed by atoms with van der Waals surface area (Å²) in [6, 6.07) is -0.852. The smallest absolute Gasteiger partial charge is 0.415 e. The van der Waals surface area contributed by atoms with Gasteiger partial charge in [-0.1, -0.05) is 5.92 Å². The molecule has 1 N–H and O–H groups in total. The van der Waals surface area contributed by atoms with Crippen LogP contribution in [-0.4, -0.2) is 25.4 Å². The van der Waals surface area contributed by atoms with Gasteiger partial charge in [-0.15, -0.1) is 6.42 Å². The minimum atomic E-state index is -0.871. The minimum absolute atomic E-state index is 0.852. The Kier molecular flexibility index (Phi) is 4.16. The molecule has 0 aliphatic carbocycles. The van der Waals surface area contributed by atoms with Crippen molar-refractivity contribution in [3.8, 4) is 12.3 Å². The highest BCUT2D eigenvalue weighted by Crippen LogP contribution is 1.75. The summed E-state index contributed by atoms with van der Waals surface area (Å²) >= 11 is 0. The topological polar surface area (TPSA) is 67.8 Å². The lowest BCUT2D eigenvalue weighted by Crippen LogP contribution is -2.27. The molecule has 0 heterocycles. The molecular formula is C6H6N2O3. The van der Waals surface area contributed by atoms with E-state index in [1.807, 2.05) is 5.92 Å². The Bertz CT molecular complexity index is 226. The zero-order valence-electron chi connectivity index (χ0n) is 5.83. The van der Waals surface area contributed by atoms with Crippen LogP contribution in [-0.2, 0) is 4.74 Å². The van der Waals surface area contributed by atoms with Crippen LogP contribution in [0.2, 0.25) is 0 Å². The van der Waals surface area contributed by atoms with E-state index in [9.17, 15) is 9.59 Å². The molecule has 0 aliphatic rings. The lowest BCUT2D eigenvalue weighted by Gasteiger charge is -1.95. The summed E-state index contributed by atoms with van der Waals surface area (Å²) in [5.74, 6) is 1.99. The van der Waals surface area contributed by atoms with Gasteiger partial charge in [0, 0.05) is 0 Å². The maximum absolute atomic E-state index is 10.5. The molecule has 0 saturated heterocycles. The lowest BCUT2D eigenvalue weighted by molar-refractivity contribution is 0.171. The zero-order chi connectivity index (χ0) is 8.69. The number of alkyl carbamates (subject to hydrolysis) is 1. The number of hydrogen-bond acceptors (Lipinski definition) is 3. The number of hydrogen-bond donors (Lipinski definition) is 1. The first-order valence-corrected chi connectivity index (χ1v) is 2.58. The van der Waals surface area contributed by atoms with Gasteiger partial charge in [0.1, 0.15) is 0 Å². The molecule has 0 aliphatic heterocycles. The highest BCUT2D eigenvalue weighted by molar-refractivity contribution is 5.97. The Morgan fingerprint density at radius 1 is 1.73 bits per heavy atom. The van der Waals surface area contributed by atoms with Crippen LogP contribution < -0.4 is 5.32 Å². The van der Waals surface area contributed by atoms with Gasteiger partial charge in [0.25, 0.3) is 0 Å². The van der Waals surface area contributed by atoms with Crippen LogP contribution in [0, 0.1) is 12.3 Å². The molecule has 5 nitrogen and oxygen atoms in total. The van der Waals surface area contributed by atoms with Crippen molar-refractivity contribution in [2.24, 2.45) is 4.99 Å². The van der Waals surface area contributed by atoms with Gasteiger partial charge < -0.3 is 4.74 Å². The largest absolute Gasteiger partial charge is 0.453 e. The quantitative estimate of drug-likeness (QED) is 0.399. The lowest BCUT2D eigenvalue weighted by atomic mass is 10.7. The number of nitrogens with zero attached hydrogens (tertiary/aromatic N) is 1. The number of rotatable bonds is 0. The highest BCUT2D eigenvalue weighted by Gasteiger charge is 2.02. The Morgan fingerprint density at radius 2 is 2.36 bits per heavy atom. The molecule has 0 aromatic rings. The summed E-state index contributed by atoms with van der Waals surface area (Å²) in [5.41, 5.74) is 0. The maximum atomic E-state index is 10.5. The maximum Gasteiger partial charge on any atom is 0.415 e. The molecule has 0 aromatic carbocycles. The number of imide groups is 1. The van der Waals surface area contributed by atoms with Crippen LogP contribution in [0.5, 0.6) is 0 Å². The van der Waals surface area contributed by atoms with E-state index in [2.05, 4.69) is 9.73 Å². The van der Waals surface area contributed by atoms with E-state index in [4.69, 9.17) is 6.42 Å². The third-order valence-corrected chi connectivity index (χ3v) is 0.651. The number of carbonyl (C=O) groups is 2. The number of terminal acetylenes is 1. The van der Waals surface area contributed by atoms with Crippen LogP contribution >= 0.6 is 0 Å². The van der Waals surface area contributed by atoms with Gasteiger partial charge in [0.05, 0.1) is 13.3 Å². The van der Waals surface area contributed by atoms with Crippen molar-refractivity contribution in [3.63, 3.8) is 0 Å². The average molecular weight is 154 g/mol. The van der Waals surface area contributed by atoms with Crippen molar-refractivity contribution in [2.45, 2.75) is 0 Å². The van der Waals surface area contributed by atoms with E-state index in [1.165, 1.54) is 0 Å². The molecule has 0 spiro atoms. The van der Waals surface area contributed by atoms with Gasteiger partial charge in [-0.2, -0.15) is 4.99 Å². The fourth-order valence-corrected chi connectivity index (χ4v) is 0.267. The van der Waals surface area contributed by atoms with Crippen molar-refractivity contribution in [3.05, 3.63) is 0 Å².